The van der Waals surface area contributed by atoms with Crippen LogP contribution in [0.5, 0.6) is 0 Å². The van der Waals surface area contributed by atoms with Crippen LogP contribution >= 0.6 is 0 Å². The number of ether oxygens (including phenoxy) is 3. The highest BCUT2D eigenvalue weighted by Gasteiger charge is 2.33. The van der Waals surface area contributed by atoms with Gasteiger partial charge in [-0.3, -0.25) is 14.9 Å². The first kappa shape index (κ1) is 23.9. The SMILES string of the molecule is CC(C)(COC1CCCCO1)C(=N)CC(=O)NC(=O)C(C)(C)NC1CCOCC1. The van der Waals surface area contributed by atoms with E-state index in [9.17, 15) is 9.59 Å². The van der Waals surface area contributed by atoms with Crippen molar-refractivity contribution in [1.29, 1.82) is 5.41 Å². The molecule has 0 aromatic heterocycles. The first-order chi connectivity index (χ1) is 13.6. The highest BCUT2D eigenvalue weighted by Crippen LogP contribution is 2.23. The largest absolute Gasteiger partial charge is 0.381 e. The van der Waals surface area contributed by atoms with Crippen LogP contribution in [0, 0.1) is 10.8 Å². The number of nitrogens with one attached hydrogen (secondary N) is 3. The molecule has 2 amide bonds. The van der Waals surface area contributed by atoms with E-state index in [0.717, 1.165) is 32.1 Å². The Kier molecular flexibility index (Phi) is 8.75. The maximum atomic E-state index is 12.6. The summed E-state index contributed by atoms with van der Waals surface area (Å²) in [7, 11) is 0. The molecule has 166 valence electrons. The van der Waals surface area contributed by atoms with Crippen molar-refractivity contribution in [3.63, 3.8) is 0 Å². The molecule has 0 bridgehead atoms. The molecule has 8 nitrogen and oxygen atoms in total. The van der Waals surface area contributed by atoms with Gasteiger partial charge in [-0.25, -0.2) is 0 Å². The number of hydrogen-bond donors (Lipinski definition) is 3. The molecule has 1 unspecified atom stereocenters. The molecule has 2 fully saturated rings. The van der Waals surface area contributed by atoms with Gasteiger partial charge in [0.25, 0.3) is 0 Å². The van der Waals surface area contributed by atoms with Crippen molar-refractivity contribution in [3.05, 3.63) is 0 Å². The minimum absolute atomic E-state index is 0.138. The number of hydrogen-bond acceptors (Lipinski definition) is 7. The van der Waals surface area contributed by atoms with Gasteiger partial charge in [0.1, 0.15) is 0 Å². The van der Waals surface area contributed by atoms with Crippen molar-refractivity contribution < 1.29 is 23.8 Å². The predicted molar refractivity (Wildman–Crippen MR) is 110 cm³/mol. The summed E-state index contributed by atoms with van der Waals surface area (Å²) in [4.78, 5) is 24.9. The maximum Gasteiger partial charge on any atom is 0.246 e. The third kappa shape index (κ3) is 7.77. The van der Waals surface area contributed by atoms with Gasteiger partial charge >= 0.3 is 0 Å². The number of imide groups is 1. The van der Waals surface area contributed by atoms with Gasteiger partial charge < -0.3 is 24.9 Å². The Bertz CT molecular complexity index is 579. The molecule has 0 aromatic rings. The third-order valence-corrected chi connectivity index (χ3v) is 5.53. The van der Waals surface area contributed by atoms with Crippen LogP contribution in [0.2, 0.25) is 0 Å². The van der Waals surface area contributed by atoms with Crippen molar-refractivity contribution >= 4 is 17.5 Å². The minimum Gasteiger partial charge on any atom is -0.381 e. The van der Waals surface area contributed by atoms with Gasteiger partial charge in [0, 0.05) is 37.0 Å². The molecule has 2 aliphatic heterocycles. The van der Waals surface area contributed by atoms with Crippen LogP contribution < -0.4 is 10.6 Å². The predicted octanol–water partition coefficient (Wildman–Crippen LogP) is 2.16. The van der Waals surface area contributed by atoms with E-state index < -0.39 is 16.9 Å². The summed E-state index contributed by atoms with van der Waals surface area (Å²) in [6.07, 6.45) is 4.29. The summed E-state index contributed by atoms with van der Waals surface area (Å²) in [6.45, 7) is 9.60. The zero-order valence-corrected chi connectivity index (χ0v) is 18.3. The van der Waals surface area contributed by atoms with Gasteiger partial charge in [-0.1, -0.05) is 13.8 Å². The van der Waals surface area contributed by atoms with E-state index in [2.05, 4.69) is 10.6 Å². The van der Waals surface area contributed by atoms with Crippen molar-refractivity contribution in [2.75, 3.05) is 26.4 Å². The van der Waals surface area contributed by atoms with E-state index in [0.29, 0.717) is 26.4 Å². The van der Waals surface area contributed by atoms with Crippen molar-refractivity contribution in [2.45, 2.75) is 84.1 Å². The highest BCUT2D eigenvalue weighted by molar-refractivity contribution is 6.08. The first-order valence-electron chi connectivity index (χ1n) is 10.6. The summed E-state index contributed by atoms with van der Waals surface area (Å²) in [5, 5.41) is 14.1. The quantitative estimate of drug-likeness (QED) is 0.502. The third-order valence-electron chi connectivity index (χ3n) is 5.53. The zero-order valence-electron chi connectivity index (χ0n) is 18.3. The van der Waals surface area contributed by atoms with Crippen LogP contribution in [0.25, 0.3) is 0 Å². The Hall–Kier alpha value is -1.35. The first-order valence-corrected chi connectivity index (χ1v) is 10.6. The lowest BCUT2D eigenvalue weighted by Crippen LogP contribution is -2.58. The molecule has 0 saturated carbocycles. The van der Waals surface area contributed by atoms with Gasteiger partial charge in [0.2, 0.25) is 11.8 Å². The summed E-state index contributed by atoms with van der Waals surface area (Å²) in [5.74, 6) is -0.852. The average molecular weight is 412 g/mol. The van der Waals surface area contributed by atoms with Gasteiger partial charge in [0.05, 0.1) is 18.6 Å². The lowest BCUT2D eigenvalue weighted by atomic mass is 9.86. The van der Waals surface area contributed by atoms with E-state index in [4.69, 9.17) is 19.6 Å². The second-order valence-electron chi connectivity index (χ2n) is 9.18. The number of rotatable bonds is 9. The smallest absolute Gasteiger partial charge is 0.246 e. The summed E-state index contributed by atoms with van der Waals surface area (Å²) in [6, 6.07) is 0.191. The molecule has 29 heavy (non-hydrogen) atoms. The topological polar surface area (TPSA) is 110 Å². The van der Waals surface area contributed by atoms with E-state index in [1.54, 1.807) is 13.8 Å². The molecule has 2 saturated heterocycles. The van der Waals surface area contributed by atoms with E-state index in [1.165, 1.54) is 0 Å². The minimum atomic E-state index is -0.878. The fourth-order valence-electron chi connectivity index (χ4n) is 3.38. The van der Waals surface area contributed by atoms with Crippen molar-refractivity contribution in [3.8, 4) is 0 Å². The van der Waals surface area contributed by atoms with E-state index in [1.807, 2.05) is 13.8 Å². The lowest BCUT2D eigenvalue weighted by Gasteiger charge is -2.33. The zero-order chi connectivity index (χ0) is 21.5. The number of carbonyl (C=O) groups excluding carboxylic acids is 2. The molecule has 3 N–H and O–H groups in total. The Labute approximate surface area is 173 Å². The van der Waals surface area contributed by atoms with Crippen molar-refractivity contribution in [2.24, 2.45) is 5.41 Å². The average Bonchev–Trinajstić information content (AvgIpc) is 2.67. The summed E-state index contributed by atoms with van der Waals surface area (Å²) >= 11 is 0. The lowest BCUT2D eigenvalue weighted by molar-refractivity contribution is -0.171. The molecule has 0 aliphatic carbocycles. The number of carbonyl (C=O) groups is 2. The molecule has 0 aromatic carbocycles. The molecule has 1 atom stereocenters. The molecule has 0 spiro atoms. The fourth-order valence-corrected chi connectivity index (χ4v) is 3.38. The Balaban J connectivity index is 1.78. The normalized spacial score (nSPS) is 21.6. The Morgan fingerprint density at radius 2 is 1.76 bits per heavy atom. The van der Waals surface area contributed by atoms with Gasteiger partial charge in [-0.05, 0) is 46.0 Å². The monoisotopic (exact) mass is 411 g/mol. The van der Waals surface area contributed by atoms with E-state index >= 15 is 0 Å². The molecule has 0 radical (unpaired) electrons. The van der Waals surface area contributed by atoms with Crippen LogP contribution in [0.4, 0.5) is 0 Å². The second-order valence-corrected chi connectivity index (χ2v) is 9.18. The molecular formula is C21H37N3O5. The van der Waals surface area contributed by atoms with Crippen LogP contribution in [0.15, 0.2) is 0 Å². The Morgan fingerprint density at radius 1 is 1.07 bits per heavy atom. The maximum absolute atomic E-state index is 12.6. The standard InChI is InChI=1S/C21H37N3O5/c1-20(2,14-29-18-7-5-6-10-28-18)16(22)13-17(25)23-19(26)21(3,4)24-15-8-11-27-12-9-15/h15,18,22,24H,5-14H2,1-4H3,(H,23,25,26). The Morgan fingerprint density at radius 3 is 2.38 bits per heavy atom. The van der Waals surface area contributed by atoms with Gasteiger partial charge in [-0.2, -0.15) is 0 Å². The molecule has 2 heterocycles. The van der Waals surface area contributed by atoms with Crippen LogP contribution in [-0.2, 0) is 23.8 Å². The summed E-state index contributed by atoms with van der Waals surface area (Å²) in [5.41, 5.74) is -1.26. The van der Waals surface area contributed by atoms with E-state index in [-0.39, 0.29) is 30.4 Å². The second kappa shape index (κ2) is 10.6. The molecule has 2 aliphatic rings. The molecular weight excluding hydrogens is 374 g/mol. The van der Waals surface area contributed by atoms with Crippen molar-refractivity contribution in [1.82, 2.24) is 10.6 Å². The molecule has 8 heteroatoms. The van der Waals surface area contributed by atoms with Crippen LogP contribution in [0.1, 0.15) is 66.2 Å². The van der Waals surface area contributed by atoms with Crippen LogP contribution in [0.3, 0.4) is 0 Å². The van der Waals surface area contributed by atoms with Gasteiger partial charge in [0.15, 0.2) is 6.29 Å². The fraction of sp³-hybridized carbons (Fsp3) is 0.857. The van der Waals surface area contributed by atoms with Crippen LogP contribution in [-0.4, -0.2) is 61.8 Å². The molecule has 2 rings (SSSR count). The number of amides is 2. The summed E-state index contributed by atoms with van der Waals surface area (Å²) < 4.78 is 16.7. The highest BCUT2D eigenvalue weighted by atomic mass is 16.7. The van der Waals surface area contributed by atoms with Gasteiger partial charge in [-0.15, -0.1) is 0 Å².